The Bertz CT molecular complexity index is 315. The predicted octanol–water partition coefficient (Wildman–Crippen LogP) is 4.05. The molecular formula is C14H23NS. The Labute approximate surface area is 103 Å². The Hall–Kier alpha value is -0.340. The highest BCUT2D eigenvalue weighted by molar-refractivity contribution is 7.09. The van der Waals surface area contributed by atoms with Crippen molar-refractivity contribution in [2.24, 2.45) is 11.3 Å². The summed E-state index contributed by atoms with van der Waals surface area (Å²) in [5, 5.41) is 5.88. The minimum atomic E-state index is 0.556. The normalized spacial score (nSPS) is 29.2. The van der Waals surface area contributed by atoms with Crippen LogP contribution in [0.2, 0.25) is 0 Å². The Kier molecular flexibility index (Phi) is 3.70. The summed E-state index contributed by atoms with van der Waals surface area (Å²) in [6.45, 7) is 8.25. The number of thiophene rings is 1. The standard InChI is InChI=1S/C14H23NS/c1-11-9-14(2,3)7-6-13(11)15-10-12-5-4-8-16-12/h4-5,8,11,13,15H,6-7,9-10H2,1-3H3. The minimum absolute atomic E-state index is 0.556. The quantitative estimate of drug-likeness (QED) is 0.836. The number of hydrogen-bond acceptors (Lipinski definition) is 2. The van der Waals surface area contributed by atoms with Crippen LogP contribution in [0.5, 0.6) is 0 Å². The van der Waals surface area contributed by atoms with Crippen LogP contribution < -0.4 is 5.32 Å². The van der Waals surface area contributed by atoms with Crippen molar-refractivity contribution >= 4 is 11.3 Å². The van der Waals surface area contributed by atoms with Gasteiger partial charge in [0.1, 0.15) is 0 Å². The summed E-state index contributed by atoms with van der Waals surface area (Å²) >= 11 is 1.85. The fourth-order valence-corrected chi connectivity index (χ4v) is 3.55. The van der Waals surface area contributed by atoms with Gasteiger partial charge in [-0.3, -0.25) is 0 Å². The monoisotopic (exact) mass is 237 g/mol. The van der Waals surface area contributed by atoms with Gasteiger partial charge in [-0.25, -0.2) is 0 Å². The van der Waals surface area contributed by atoms with Gasteiger partial charge in [-0.05, 0) is 42.0 Å². The predicted molar refractivity (Wildman–Crippen MR) is 71.7 cm³/mol. The zero-order chi connectivity index (χ0) is 11.6. The lowest BCUT2D eigenvalue weighted by molar-refractivity contribution is 0.148. The molecular weight excluding hydrogens is 214 g/mol. The van der Waals surface area contributed by atoms with Crippen LogP contribution in [0.3, 0.4) is 0 Å². The van der Waals surface area contributed by atoms with E-state index in [1.807, 2.05) is 11.3 Å². The minimum Gasteiger partial charge on any atom is -0.309 e. The molecule has 1 saturated carbocycles. The van der Waals surface area contributed by atoms with E-state index in [9.17, 15) is 0 Å². The van der Waals surface area contributed by atoms with Crippen LogP contribution in [-0.2, 0) is 6.54 Å². The molecule has 1 N–H and O–H groups in total. The molecule has 16 heavy (non-hydrogen) atoms. The fourth-order valence-electron chi connectivity index (χ4n) is 2.89. The van der Waals surface area contributed by atoms with E-state index in [-0.39, 0.29) is 0 Å². The molecule has 0 bridgehead atoms. The smallest absolute Gasteiger partial charge is 0.0302 e. The van der Waals surface area contributed by atoms with Crippen molar-refractivity contribution in [3.63, 3.8) is 0 Å². The van der Waals surface area contributed by atoms with E-state index in [4.69, 9.17) is 0 Å². The van der Waals surface area contributed by atoms with Gasteiger partial charge in [-0.1, -0.05) is 26.8 Å². The highest BCUT2D eigenvalue weighted by atomic mass is 32.1. The number of rotatable bonds is 3. The second kappa shape index (κ2) is 4.89. The van der Waals surface area contributed by atoms with E-state index < -0.39 is 0 Å². The summed E-state index contributed by atoms with van der Waals surface area (Å²) in [5.41, 5.74) is 0.556. The molecule has 1 aromatic heterocycles. The molecule has 0 amide bonds. The Morgan fingerprint density at radius 1 is 1.50 bits per heavy atom. The zero-order valence-corrected chi connectivity index (χ0v) is 11.4. The molecule has 90 valence electrons. The van der Waals surface area contributed by atoms with Crippen LogP contribution in [0.25, 0.3) is 0 Å². The van der Waals surface area contributed by atoms with E-state index in [2.05, 4.69) is 43.6 Å². The van der Waals surface area contributed by atoms with Crippen molar-refractivity contribution in [3.05, 3.63) is 22.4 Å². The van der Waals surface area contributed by atoms with Gasteiger partial charge in [-0.15, -0.1) is 11.3 Å². The van der Waals surface area contributed by atoms with Crippen LogP contribution in [0.4, 0.5) is 0 Å². The molecule has 2 unspecified atom stereocenters. The molecule has 0 spiro atoms. The van der Waals surface area contributed by atoms with Crippen LogP contribution >= 0.6 is 11.3 Å². The molecule has 1 nitrogen and oxygen atoms in total. The topological polar surface area (TPSA) is 12.0 Å². The lowest BCUT2D eigenvalue weighted by Gasteiger charge is -2.39. The Morgan fingerprint density at radius 3 is 2.94 bits per heavy atom. The summed E-state index contributed by atoms with van der Waals surface area (Å²) in [5.74, 6) is 0.809. The van der Waals surface area contributed by atoms with Gasteiger partial charge < -0.3 is 5.32 Å². The molecule has 1 aliphatic rings. The maximum atomic E-state index is 3.72. The lowest BCUT2D eigenvalue weighted by Crippen LogP contribution is -2.41. The van der Waals surface area contributed by atoms with Crippen molar-refractivity contribution in [3.8, 4) is 0 Å². The average molecular weight is 237 g/mol. The van der Waals surface area contributed by atoms with Gasteiger partial charge in [0.25, 0.3) is 0 Å². The van der Waals surface area contributed by atoms with Gasteiger partial charge in [-0.2, -0.15) is 0 Å². The molecule has 0 saturated heterocycles. The van der Waals surface area contributed by atoms with Gasteiger partial charge >= 0.3 is 0 Å². The summed E-state index contributed by atoms with van der Waals surface area (Å²) in [6.07, 6.45) is 4.05. The molecule has 2 atom stereocenters. The Balaban J connectivity index is 1.83. The first-order valence-electron chi connectivity index (χ1n) is 6.33. The van der Waals surface area contributed by atoms with Crippen molar-refractivity contribution in [1.29, 1.82) is 0 Å². The van der Waals surface area contributed by atoms with Crippen molar-refractivity contribution in [2.45, 2.75) is 52.6 Å². The molecule has 0 aliphatic heterocycles. The molecule has 0 aromatic carbocycles. The van der Waals surface area contributed by atoms with Crippen LogP contribution in [0.1, 0.15) is 44.9 Å². The molecule has 2 heteroatoms. The van der Waals surface area contributed by atoms with Gasteiger partial charge in [0, 0.05) is 17.5 Å². The molecule has 1 fully saturated rings. The van der Waals surface area contributed by atoms with E-state index in [1.54, 1.807) is 0 Å². The maximum absolute atomic E-state index is 3.72. The first-order valence-corrected chi connectivity index (χ1v) is 7.20. The highest BCUT2D eigenvalue weighted by Crippen LogP contribution is 2.38. The molecule has 1 aliphatic carbocycles. The van der Waals surface area contributed by atoms with E-state index in [0.29, 0.717) is 5.41 Å². The van der Waals surface area contributed by atoms with E-state index in [1.165, 1.54) is 24.1 Å². The van der Waals surface area contributed by atoms with Crippen LogP contribution in [-0.4, -0.2) is 6.04 Å². The molecule has 2 rings (SSSR count). The zero-order valence-electron chi connectivity index (χ0n) is 10.6. The van der Waals surface area contributed by atoms with E-state index >= 15 is 0 Å². The van der Waals surface area contributed by atoms with Crippen molar-refractivity contribution in [2.75, 3.05) is 0 Å². The molecule has 1 aromatic rings. The van der Waals surface area contributed by atoms with Gasteiger partial charge in [0.05, 0.1) is 0 Å². The van der Waals surface area contributed by atoms with Crippen LogP contribution in [0.15, 0.2) is 17.5 Å². The molecule has 1 heterocycles. The second-order valence-electron chi connectivity index (χ2n) is 5.95. The third-order valence-electron chi connectivity index (χ3n) is 3.81. The third kappa shape index (κ3) is 3.08. The van der Waals surface area contributed by atoms with Gasteiger partial charge in [0.15, 0.2) is 0 Å². The largest absolute Gasteiger partial charge is 0.309 e. The fraction of sp³-hybridized carbons (Fsp3) is 0.714. The maximum Gasteiger partial charge on any atom is 0.0302 e. The first kappa shape index (κ1) is 12.1. The number of hydrogen-bond donors (Lipinski definition) is 1. The van der Waals surface area contributed by atoms with Crippen molar-refractivity contribution < 1.29 is 0 Å². The van der Waals surface area contributed by atoms with Gasteiger partial charge in [0.2, 0.25) is 0 Å². The number of nitrogens with one attached hydrogen (secondary N) is 1. The SMILES string of the molecule is CC1CC(C)(C)CCC1NCc1cccs1. The molecule has 0 radical (unpaired) electrons. The summed E-state index contributed by atoms with van der Waals surface area (Å²) in [6, 6.07) is 5.07. The van der Waals surface area contributed by atoms with Crippen LogP contribution in [0, 0.1) is 11.3 Å². The average Bonchev–Trinajstić information content (AvgIpc) is 2.68. The third-order valence-corrected chi connectivity index (χ3v) is 4.69. The lowest BCUT2D eigenvalue weighted by atomic mass is 9.70. The summed E-state index contributed by atoms with van der Waals surface area (Å²) in [4.78, 5) is 1.46. The Morgan fingerprint density at radius 2 is 2.31 bits per heavy atom. The first-order chi connectivity index (χ1) is 7.57. The summed E-state index contributed by atoms with van der Waals surface area (Å²) < 4.78 is 0. The summed E-state index contributed by atoms with van der Waals surface area (Å²) in [7, 11) is 0. The van der Waals surface area contributed by atoms with E-state index in [0.717, 1.165) is 18.5 Å². The van der Waals surface area contributed by atoms with Crippen molar-refractivity contribution in [1.82, 2.24) is 5.32 Å². The second-order valence-corrected chi connectivity index (χ2v) is 6.98. The highest BCUT2D eigenvalue weighted by Gasteiger charge is 2.31.